The van der Waals surface area contributed by atoms with Gasteiger partial charge in [-0.1, -0.05) is 11.6 Å². The van der Waals surface area contributed by atoms with Crippen LogP contribution in [-0.2, 0) is 4.79 Å². The summed E-state index contributed by atoms with van der Waals surface area (Å²) < 4.78 is 0.398. The van der Waals surface area contributed by atoms with Crippen LogP contribution in [0.4, 0.5) is 0 Å². The lowest BCUT2D eigenvalue weighted by atomic mass is 10.9. The molecule has 0 spiro atoms. The lowest BCUT2D eigenvalue weighted by Crippen LogP contribution is -2.11. The first-order valence-corrected chi connectivity index (χ1v) is 5.03. The van der Waals surface area contributed by atoms with Crippen molar-refractivity contribution in [2.24, 2.45) is 0 Å². The van der Waals surface area contributed by atoms with E-state index in [-0.39, 0.29) is 0 Å². The van der Waals surface area contributed by atoms with Crippen molar-refractivity contribution in [1.82, 2.24) is 0 Å². The molecule has 0 heterocycles. The molecular weight excluding hydrogens is 91.0 g/mol. The highest BCUT2D eigenvalue weighted by Crippen LogP contribution is 1.77. The topological polar surface area (TPSA) is 17.1 Å². The highest BCUT2D eigenvalue weighted by Gasteiger charge is 2.05. The first-order chi connectivity index (χ1) is 2.64. The monoisotopic (exact) mass is 100 g/mol. The molecule has 0 N–H and O–H groups in total. The number of rotatable bonds is 1. The van der Waals surface area contributed by atoms with Gasteiger partial charge in [0.25, 0.3) is 0 Å². The zero-order valence-corrected chi connectivity index (χ0v) is 5.64. The minimum atomic E-state index is -0.883. The zero-order valence-electron chi connectivity index (χ0n) is 4.49. The van der Waals surface area contributed by atoms with Crippen LogP contribution in [0.5, 0.6) is 0 Å². The Morgan fingerprint density at radius 1 is 1.50 bits per heavy atom. The maximum absolute atomic E-state index is 10.2. The molecule has 0 aromatic rings. The maximum atomic E-state index is 10.2. The van der Waals surface area contributed by atoms with Crippen LogP contribution < -0.4 is 0 Å². The van der Waals surface area contributed by atoms with Crippen LogP contribution in [0.15, 0.2) is 0 Å². The molecule has 0 unspecified atom stereocenters. The average Bonchev–Trinajstić information content (AvgIpc) is 1.36. The van der Waals surface area contributed by atoms with Crippen molar-refractivity contribution in [3.63, 3.8) is 0 Å². The summed E-state index contributed by atoms with van der Waals surface area (Å²) in [5.74, 6) is 4.06. The molecule has 0 aliphatic rings. The van der Waals surface area contributed by atoms with Crippen molar-refractivity contribution >= 4 is 18.8 Å². The molecule has 0 rings (SSSR count). The van der Waals surface area contributed by atoms with Crippen LogP contribution >= 0.6 is 0 Å². The summed E-state index contributed by atoms with van der Waals surface area (Å²) in [4.78, 5) is 10.2. The second-order valence-corrected chi connectivity index (χ2v) is 4.89. The first kappa shape index (κ1) is 6.20. The molecule has 6 heavy (non-hydrogen) atoms. The summed E-state index contributed by atoms with van der Waals surface area (Å²) in [5.41, 5.74) is 0. The van der Waals surface area contributed by atoms with Crippen molar-refractivity contribution in [2.75, 3.05) is 0 Å². The van der Waals surface area contributed by atoms with Gasteiger partial charge in [0.2, 0.25) is 0 Å². The zero-order chi connectivity index (χ0) is 5.15. The van der Waals surface area contributed by atoms with E-state index in [1.807, 2.05) is 11.6 Å². The third kappa shape index (κ3) is 2.44. The first-order valence-electron chi connectivity index (χ1n) is 2.15. The average molecular weight is 100 g/mol. The molecule has 0 aliphatic heterocycles. The fraction of sp³-hybridized carbons (Fsp3) is 0.750. The molecule has 0 fully saturated rings. The van der Waals surface area contributed by atoms with Gasteiger partial charge >= 0.3 is 14.1 Å². The van der Waals surface area contributed by atoms with Gasteiger partial charge in [0, 0.05) is 4.65 Å². The van der Waals surface area contributed by atoms with Crippen LogP contribution in [0, 0.1) is 0 Å². The van der Waals surface area contributed by atoms with Crippen LogP contribution in [0.3, 0.4) is 0 Å². The Morgan fingerprint density at radius 3 is 1.67 bits per heavy atom. The van der Waals surface area contributed by atoms with Crippen molar-refractivity contribution in [2.45, 2.75) is 18.5 Å². The van der Waals surface area contributed by atoms with Gasteiger partial charge in [-0.25, -0.2) is 0 Å². The van der Waals surface area contributed by atoms with Crippen molar-refractivity contribution in [3.8, 4) is 0 Å². The molecule has 0 aromatic carbocycles. The minimum absolute atomic E-state index is 0.398. The predicted molar refractivity (Wildman–Crippen MR) is 28.2 cm³/mol. The van der Waals surface area contributed by atoms with Gasteiger partial charge in [-0.15, -0.1) is 0 Å². The van der Waals surface area contributed by atoms with Crippen molar-refractivity contribution in [1.29, 1.82) is 0 Å². The van der Waals surface area contributed by atoms with Gasteiger partial charge in [-0.3, -0.25) is 0 Å². The second kappa shape index (κ2) is 2.39. The van der Waals surface area contributed by atoms with E-state index in [4.69, 9.17) is 0 Å². The molecule has 0 bridgehead atoms. The second-order valence-electron chi connectivity index (χ2n) is 1.77. The highest BCUT2D eigenvalue weighted by molar-refractivity contribution is 6.87. The number of hydrogen-bond donors (Lipinski definition) is 0. The van der Waals surface area contributed by atoms with E-state index in [2.05, 4.69) is 0 Å². The summed E-state index contributed by atoms with van der Waals surface area (Å²) in [6.07, 6.45) is 0. The summed E-state index contributed by atoms with van der Waals surface area (Å²) in [5, 5.41) is 0. The standard InChI is InChI=1S/C2H3O.2CH3.Al/c1-2-3;;;/h1H3;2*1H3;. The van der Waals surface area contributed by atoms with Gasteiger partial charge < -0.3 is 4.79 Å². The summed E-state index contributed by atoms with van der Waals surface area (Å²) >= 11 is -0.883. The number of carbonyl (C=O) groups excluding carboxylic acids is 1. The normalized spacial score (nSPS) is 7.83. The Hall–Kier alpha value is 0.202. The van der Waals surface area contributed by atoms with Crippen LogP contribution in [-0.4, -0.2) is 18.8 Å². The van der Waals surface area contributed by atoms with Crippen molar-refractivity contribution in [3.05, 3.63) is 0 Å². The minimum Gasteiger partial charge on any atom is -0.321 e. The van der Waals surface area contributed by atoms with Crippen LogP contribution in [0.1, 0.15) is 6.92 Å². The summed E-state index contributed by atoms with van der Waals surface area (Å²) in [7, 11) is 0. The van der Waals surface area contributed by atoms with E-state index < -0.39 is 14.1 Å². The van der Waals surface area contributed by atoms with Crippen LogP contribution in [0.25, 0.3) is 0 Å². The molecule has 0 saturated heterocycles. The molecule has 1 nitrogen and oxygen atoms in total. The quantitative estimate of drug-likeness (QED) is 0.447. The highest BCUT2D eigenvalue weighted by atomic mass is 27.2. The number of carbonyl (C=O) groups is 1. The Bertz CT molecular complexity index is 58.6. The predicted octanol–water partition coefficient (Wildman–Crippen LogP) is 0.869. The molecule has 0 aliphatic carbocycles. The Kier molecular flexibility index (Phi) is 2.47. The van der Waals surface area contributed by atoms with Gasteiger partial charge in [-0.05, 0) is 6.92 Å². The summed E-state index contributed by atoms with van der Waals surface area (Å²) in [6, 6.07) is 0. The van der Waals surface area contributed by atoms with E-state index >= 15 is 0 Å². The molecular formula is C4H9AlO. The van der Waals surface area contributed by atoms with Gasteiger partial charge in [0.15, 0.2) is 0 Å². The Labute approximate surface area is 42.7 Å². The van der Waals surface area contributed by atoms with Gasteiger partial charge in [0.05, 0.1) is 0 Å². The fourth-order valence-electron chi connectivity index (χ4n) is 0. The Morgan fingerprint density at radius 2 is 1.67 bits per heavy atom. The van der Waals surface area contributed by atoms with E-state index in [9.17, 15) is 4.79 Å². The van der Waals surface area contributed by atoms with E-state index in [1.165, 1.54) is 0 Å². The molecule has 0 saturated carbocycles. The van der Waals surface area contributed by atoms with Gasteiger partial charge in [-0.2, -0.15) is 0 Å². The lowest BCUT2D eigenvalue weighted by Gasteiger charge is -1.82. The molecule has 0 atom stereocenters. The van der Waals surface area contributed by atoms with Crippen molar-refractivity contribution < 1.29 is 4.79 Å². The van der Waals surface area contributed by atoms with E-state index in [0.29, 0.717) is 4.65 Å². The molecule has 34 valence electrons. The molecule has 2 heteroatoms. The smallest absolute Gasteiger partial charge is 0.321 e. The fourth-order valence-corrected chi connectivity index (χ4v) is 0. The van der Waals surface area contributed by atoms with E-state index in [1.54, 1.807) is 6.92 Å². The largest absolute Gasteiger partial charge is 0.358 e. The van der Waals surface area contributed by atoms with Crippen LogP contribution in [0.2, 0.25) is 11.6 Å². The molecule has 0 aromatic heterocycles. The van der Waals surface area contributed by atoms with Gasteiger partial charge in [0.1, 0.15) is 0 Å². The third-order valence-corrected chi connectivity index (χ3v) is 2.44. The molecule has 0 amide bonds. The van der Waals surface area contributed by atoms with E-state index in [0.717, 1.165) is 0 Å². The summed E-state index contributed by atoms with van der Waals surface area (Å²) in [6.45, 7) is 1.66. The number of hydrogen-bond acceptors (Lipinski definition) is 1. The molecule has 0 radical (unpaired) electrons. The third-order valence-electron chi connectivity index (χ3n) is 0.813. The maximum Gasteiger partial charge on any atom is 0.358 e. The Balaban J connectivity index is 3.26. The SMILES string of the molecule is C[C](=O)[Al]([CH3])[CH3]. The lowest BCUT2D eigenvalue weighted by molar-refractivity contribution is -0.110.